The van der Waals surface area contributed by atoms with Crippen LogP contribution in [0.3, 0.4) is 0 Å². The molecule has 1 aromatic rings. The molecule has 0 unspecified atom stereocenters. The zero-order valence-corrected chi connectivity index (χ0v) is 19.4. The quantitative estimate of drug-likeness (QED) is 0.153. The maximum atomic E-state index is 5.81. The number of ether oxygens (including phenoxy) is 2. The van der Waals surface area contributed by atoms with Crippen molar-refractivity contribution >= 4 is 31.9 Å². The standard InChI is InChI=1S/C22H36Br2O2/c23-17-9-5-1-3-7-11-19-25-21-13-15-22(16-14-21)26-20-12-8-4-2-6-10-18-24/h13-16H,1-12,17-20H2. The zero-order chi connectivity index (χ0) is 18.7. The van der Waals surface area contributed by atoms with E-state index in [1.165, 1.54) is 64.2 Å². The highest BCUT2D eigenvalue weighted by atomic mass is 79.9. The Labute approximate surface area is 177 Å². The first kappa shape index (κ1) is 23.8. The fraction of sp³-hybridized carbons (Fsp3) is 0.727. The number of benzene rings is 1. The number of alkyl halides is 2. The molecule has 0 fully saturated rings. The van der Waals surface area contributed by atoms with Crippen LogP contribution in [0, 0.1) is 0 Å². The number of halogens is 2. The van der Waals surface area contributed by atoms with E-state index >= 15 is 0 Å². The number of hydrogen-bond donors (Lipinski definition) is 0. The maximum Gasteiger partial charge on any atom is 0.119 e. The van der Waals surface area contributed by atoms with Gasteiger partial charge in [-0.05, 0) is 49.9 Å². The Morgan fingerprint density at radius 1 is 0.462 bits per heavy atom. The SMILES string of the molecule is BrCCCCCCCCOc1ccc(OCCCCCCCCBr)cc1. The van der Waals surface area contributed by atoms with Gasteiger partial charge in [0.25, 0.3) is 0 Å². The van der Waals surface area contributed by atoms with Gasteiger partial charge in [0, 0.05) is 10.7 Å². The monoisotopic (exact) mass is 490 g/mol. The van der Waals surface area contributed by atoms with Crippen LogP contribution in [0.25, 0.3) is 0 Å². The highest BCUT2D eigenvalue weighted by Crippen LogP contribution is 2.18. The van der Waals surface area contributed by atoms with Crippen LogP contribution in [0.5, 0.6) is 11.5 Å². The molecule has 0 heterocycles. The summed E-state index contributed by atoms with van der Waals surface area (Å²) in [6, 6.07) is 8.08. The second kappa shape index (κ2) is 18.2. The first-order chi connectivity index (χ1) is 12.9. The van der Waals surface area contributed by atoms with E-state index in [2.05, 4.69) is 31.9 Å². The lowest BCUT2D eigenvalue weighted by Gasteiger charge is -2.09. The van der Waals surface area contributed by atoms with Crippen molar-refractivity contribution in [2.75, 3.05) is 23.9 Å². The second-order valence-electron chi connectivity index (χ2n) is 6.79. The lowest BCUT2D eigenvalue weighted by atomic mass is 10.1. The van der Waals surface area contributed by atoms with Crippen molar-refractivity contribution in [3.63, 3.8) is 0 Å². The lowest BCUT2D eigenvalue weighted by molar-refractivity contribution is 0.296. The molecule has 0 aliphatic carbocycles. The number of hydrogen-bond acceptors (Lipinski definition) is 2. The molecule has 0 aliphatic rings. The highest BCUT2D eigenvalue weighted by molar-refractivity contribution is 9.09. The summed E-state index contributed by atoms with van der Waals surface area (Å²) in [7, 11) is 0. The van der Waals surface area contributed by atoms with E-state index in [1.54, 1.807) is 0 Å². The minimum atomic E-state index is 0.813. The molecular weight excluding hydrogens is 456 g/mol. The molecule has 0 saturated heterocycles. The average Bonchev–Trinajstić information content (AvgIpc) is 2.67. The predicted octanol–water partition coefficient (Wildman–Crippen LogP) is 7.92. The van der Waals surface area contributed by atoms with E-state index in [9.17, 15) is 0 Å². The lowest BCUT2D eigenvalue weighted by Crippen LogP contribution is -1.99. The molecule has 0 aromatic heterocycles. The van der Waals surface area contributed by atoms with Crippen molar-refractivity contribution in [2.45, 2.75) is 77.0 Å². The fourth-order valence-corrected chi connectivity index (χ4v) is 3.61. The van der Waals surface area contributed by atoms with Gasteiger partial charge in [0.15, 0.2) is 0 Å². The summed E-state index contributed by atoms with van der Waals surface area (Å²) in [5.74, 6) is 1.90. The van der Waals surface area contributed by atoms with Gasteiger partial charge in [0.2, 0.25) is 0 Å². The Kier molecular flexibility index (Phi) is 16.6. The highest BCUT2D eigenvalue weighted by Gasteiger charge is 1.98. The molecule has 150 valence electrons. The minimum absolute atomic E-state index is 0.813. The molecule has 0 saturated carbocycles. The van der Waals surface area contributed by atoms with Gasteiger partial charge in [-0.2, -0.15) is 0 Å². The third kappa shape index (κ3) is 13.9. The third-order valence-corrected chi connectivity index (χ3v) is 5.54. The Balaban J connectivity index is 1.98. The first-order valence-electron chi connectivity index (χ1n) is 10.3. The van der Waals surface area contributed by atoms with Crippen LogP contribution in [0.4, 0.5) is 0 Å². The number of unbranched alkanes of at least 4 members (excludes halogenated alkanes) is 10. The van der Waals surface area contributed by atoms with Crippen LogP contribution in [0.2, 0.25) is 0 Å². The van der Waals surface area contributed by atoms with Crippen LogP contribution in [-0.2, 0) is 0 Å². The number of rotatable bonds is 18. The predicted molar refractivity (Wildman–Crippen MR) is 120 cm³/mol. The molecule has 0 N–H and O–H groups in total. The van der Waals surface area contributed by atoms with Gasteiger partial charge in [-0.3, -0.25) is 0 Å². The molecule has 4 heteroatoms. The van der Waals surface area contributed by atoms with E-state index < -0.39 is 0 Å². The van der Waals surface area contributed by atoms with E-state index in [4.69, 9.17) is 9.47 Å². The molecule has 1 rings (SSSR count). The molecule has 0 radical (unpaired) electrons. The summed E-state index contributed by atoms with van der Waals surface area (Å²) in [6.07, 6.45) is 15.4. The van der Waals surface area contributed by atoms with Crippen molar-refractivity contribution in [1.82, 2.24) is 0 Å². The van der Waals surface area contributed by atoms with E-state index in [0.717, 1.165) is 48.2 Å². The van der Waals surface area contributed by atoms with Gasteiger partial charge >= 0.3 is 0 Å². The minimum Gasteiger partial charge on any atom is -0.494 e. The Hall–Kier alpha value is -0.220. The van der Waals surface area contributed by atoms with Crippen molar-refractivity contribution in [3.05, 3.63) is 24.3 Å². The zero-order valence-electron chi connectivity index (χ0n) is 16.2. The van der Waals surface area contributed by atoms with Crippen LogP contribution in [0.15, 0.2) is 24.3 Å². The van der Waals surface area contributed by atoms with Gasteiger partial charge in [-0.25, -0.2) is 0 Å². The van der Waals surface area contributed by atoms with Gasteiger partial charge in [-0.1, -0.05) is 83.2 Å². The Morgan fingerprint density at radius 3 is 1.12 bits per heavy atom. The molecule has 0 bridgehead atoms. The molecule has 2 nitrogen and oxygen atoms in total. The van der Waals surface area contributed by atoms with Gasteiger partial charge in [-0.15, -0.1) is 0 Å². The fourth-order valence-electron chi connectivity index (χ4n) is 2.82. The third-order valence-electron chi connectivity index (χ3n) is 4.42. The summed E-state index contributed by atoms with van der Waals surface area (Å²) in [6.45, 7) is 1.63. The molecular formula is C22H36Br2O2. The van der Waals surface area contributed by atoms with E-state index in [1.807, 2.05) is 24.3 Å². The van der Waals surface area contributed by atoms with Gasteiger partial charge < -0.3 is 9.47 Å². The summed E-state index contributed by atoms with van der Waals surface area (Å²) in [4.78, 5) is 0. The molecule has 0 amide bonds. The first-order valence-corrected chi connectivity index (χ1v) is 12.6. The summed E-state index contributed by atoms with van der Waals surface area (Å²) in [5.41, 5.74) is 0. The second-order valence-corrected chi connectivity index (χ2v) is 8.37. The van der Waals surface area contributed by atoms with Crippen LogP contribution < -0.4 is 9.47 Å². The van der Waals surface area contributed by atoms with Crippen molar-refractivity contribution in [1.29, 1.82) is 0 Å². The molecule has 1 aromatic carbocycles. The van der Waals surface area contributed by atoms with Crippen molar-refractivity contribution in [3.8, 4) is 11.5 Å². The molecule has 0 atom stereocenters. The Bertz CT molecular complexity index is 370. The van der Waals surface area contributed by atoms with Gasteiger partial charge in [0.05, 0.1) is 13.2 Å². The molecule has 0 spiro atoms. The normalized spacial score (nSPS) is 10.8. The van der Waals surface area contributed by atoms with Gasteiger partial charge in [0.1, 0.15) is 11.5 Å². The van der Waals surface area contributed by atoms with Crippen molar-refractivity contribution in [2.24, 2.45) is 0 Å². The smallest absolute Gasteiger partial charge is 0.119 e. The van der Waals surface area contributed by atoms with Crippen LogP contribution >= 0.6 is 31.9 Å². The maximum absolute atomic E-state index is 5.81. The molecule has 0 aliphatic heterocycles. The largest absolute Gasteiger partial charge is 0.494 e. The molecule has 26 heavy (non-hydrogen) atoms. The van der Waals surface area contributed by atoms with E-state index in [-0.39, 0.29) is 0 Å². The van der Waals surface area contributed by atoms with Crippen LogP contribution in [0.1, 0.15) is 77.0 Å². The van der Waals surface area contributed by atoms with Crippen molar-refractivity contribution < 1.29 is 9.47 Å². The van der Waals surface area contributed by atoms with Crippen LogP contribution in [-0.4, -0.2) is 23.9 Å². The topological polar surface area (TPSA) is 18.5 Å². The summed E-state index contributed by atoms with van der Waals surface area (Å²) >= 11 is 6.95. The Morgan fingerprint density at radius 2 is 0.769 bits per heavy atom. The summed E-state index contributed by atoms with van der Waals surface area (Å²) in [5, 5.41) is 2.26. The average molecular weight is 492 g/mol. The van der Waals surface area contributed by atoms with E-state index in [0.29, 0.717) is 0 Å². The summed E-state index contributed by atoms with van der Waals surface area (Å²) < 4.78 is 11.6.